The maximum atomic E-state index is 10.8. The van der Waals surface area contributed by atoms with Gasteiger partial charge in [0.25, 0.3) is 0 Å². The molecule has 0 saturated heterocycles. The van der Waals surface area contributed by atoms with Gasteiger partial charge in [0.1, 0.15) is 11.7 Å². The van der Waals surface area contributed by atoms with Crippen molar-refractivity contribution in [3.8, 4) is 0 Å². The van der Waals surface area contributed by atoms with Crippen LogP contribution in [0.15, 0.2) is 0 Å². The number of Topliss-reactive ketones (excluding diaryl/α,β-unsaturated/α-hetero) is 1. The zero-order chi connectivity index (χ0) is 8.85. The summed E-state index contributed by atoms with van der Waals surface area (Å²) in [5.74, 6) is -2.02. The molecule has 1 unspecified atom stereocenters. The summed E-state index contributed by atoms with van der Waals surface area (Å²) in [4.78, 5) is 21.4. The maximum absolute atomic E-state index is 10.8. The second-order valence-electron chi connectivity index (χ2n) is 2.10. The lowest BCUT2D eigenvalue weighted by molar-refractivity contribution is -0.152. The van der Waals surface area contributed by atoms with Crippen LogP contribution in [0.2, 0.25) is 0 Å². The Morgan fingerprint density at radius 2 is 2.09 bits per heavy atom. The standard InChI is InChI=1S/C7H12O4/c1-3-11-7(10)6(4-8)5(2)9/h6,8H,3-4H2,1-2H3. The highest BCUT2D eigenvalue weighted by molar-refractivity contribution is 5.97. The minimum atomic E-state index is -1.00. The van der Waals surface area contributed by atoms with Crippen LogP contribution < -0.4 is 0 Å². The summed E-state index contributed by atoms with van der Waals surface area (Å²) in [5.41, 5.74) is 0. The summed E-state index contributed by atoms with van der Waals surface area (Å²) in [6.07, 6.45) is 0. The normalized spacial score (nSPS) is 12.3. The van der Waals surface area contributed by atoms with Gasteiger partial charge in [0.05, 0.1) is 13.2 Å². The smallest absolute Gasteiger partial charge is 0.318 e. The molecule has 0 aromatic heterocycles. The molecule has 1 N–H and O–H groups in total. The Morgan fingerprint density at radius 1 is 1.55 bits per heavy atom. The van der Waals surface area contributed by atoms with Crippen molar-refractivity contribution in [2.75, 3.05) is 13.2 Å². The van der Waals surface area contributed by atoms with Crippen molar-refractivity contribution < 1.29 is 19.4 Å². The van der Waals surface area contributed by atoms with Gasteiger partial charge in [0.15, 0.2) is 0 Å². The molecule has 0 amide bonds. The van der Waals surface area contributed by atoms with Gasteiger partial charge in [0, 0.05) is 0 Å². The minimum absolute atomic E-state index is 0.225. The van der Waals surface area contributed by atoms with Crippen LogP contribution in [-0.2, 0) is 14.3 Å². The fourth-order valence-electron chi connectivity index (χ4n) is 0.612. The summed E-state index contributed by atoms with van der Waals surface area (Å²) >= 11 is 0. The Labute approximate surface area is 65.2 Å². The molecule has 1 atom stereocenters. The summed E-state index contributed by atoms with van der Waals surface area (Å²) in [5, 5.41) is 8.57. The van der Waals surface area contributed by atoms with Gasteiger partial charge in [-0.25, -0.2) is 0 Å². The van der Waals surface area contributed by atoms with E-state index >= 15 is 0 Å². The zero-order valence-electron chi connectivity index (χ0n) is 6.66. The average molecular weight is 160 g/mol. The van der Waals surface area contributed by atoms with Crippen molar-refractivity contribution in [1.29, 1.82) is 0 Å². The molecule has 64 valence electrons. The number of carbonyl (C=O) groups excluding carboxylic acids is 2. The monoisotopic (exact) mass is 160 g/mol. The topological polar surface area (TPSA) is 63.6 Å². The van der Waals surface area contributed by atoms with E-state index in [1.165, 1.54) is 6.92 Å². The molecule has 0 aliphatic carbocycles. The summed E-state index contributed by atoms with van der Waals surface area (Å²) < 4.78 is 4.54. The summed E-state index contributed by atoms with van der Waals surface area (Å²) in [6.45, 7) is 2.64. The van der Waals surface area contributed by atoms with E-state index in [-0.39, 0.29) is 12.4 Å². The van der Waals surface area contributed by atoms with Crippen LogP contribution in [-0.4, -0.2) is 30.1 Å². The van der Waals surface area contributed by atoms with Crippen molar-refractivity contribution >= 4 is 11.8 Å². The Balaban J connectivity index is 4.03. The van der Waals surface area contributed by atoms with E-state index in [9.17, 15) is 9.59 Å². The van der Waals surface area contributed by atoms with Gasteiger partial charge in [-0.2, -0.15) is 0 Å². The maximum Gasteiger partial charge on any atom is 0.318 e. The first kappa shape index (κ1) is 10.1. The number of rotatable bonds is 4. The Kier molecular flexibility index (Phi) is 4.45. The van der Waals surface area contributed by atoms with Gasteiger partial charge in [-0.1, -0.05) is 0 Å². The number of esters is 1. The third-order valence-electron chi connectivity index (χ3n) is 1.24. The van der Waals surface area contributed by atoms with Crippen LogP contribution in [0.5, 0.6) is 0 Å². The van der Waals surface area contributed by atoms with E-state index in [0.717, 1.165) is 0 Å². The number of ether oxygens (including phenoxy) is 1. The van der Waals surface area contributed by atoms with Crippen molar-refractivity contribution in [1.82, 2.24) is 0 Å². The third-order valence-corrected chi connectivity index (χ3v) is 1.24. The minimum Gasteiger partial charge on any atom is -0.465 e. The van der Waals surface area contributed by atoms with Crippen LogP contribution >= 0.6 is 0 Å². The first-order chi connectivity index (χ1) is 5.13. The Hall–Kier alpha value is -0.900. The molecule has 0 radical (unpaired) electrons. The van der Waals surface area contributed by atoms with Gasteiger partial charge < -0.3 is 9.84 Å². The number of hydrogen-bond acceptors (Lipinski definition) is 4. The van der Waals surface area contributed by atoms with Gasteiger partial charge in [-0.05, 0) is 13.8 Å². The fourth-order valence-corrected chi connectivity index (χ4v) is 0.612. The SMILES string of the molecule is CCOC(=O)C(CO)C(C)=O. The molecule has 0 aliphatic heterocycles. The molecule has 0 aromatic rings. The highest BCUT2D eigenvalue weighted by Crippen LogP contribution is 1.99. The zero-order valence-corrected chi connectivity index (χ0v) is 6.66. The largest absolute Gasteiger partial charge is 0.465 e. The lowest BCUT2D eigenvalue weighted by Crippen LogP contribution is -2.27. The van der Waals surface area contributed by atoms with Gasteiger partial charge >= 0.3 is 5.97 Å². The number of ketones is 1. The van der Waals surface area contributed by atoms with Gasteiger partial charge in [-0.15, -0.1) is 0 Å². The highest BCUT2D eigenvalue weighted by atomic mass is 16.5. The molecule has 0 fully saturated rings. The molecule has 0 heterocycles. The van der Waals surface area contributed by atoms with Crippen LogP contribution in [0.4, 0.5) is 0 Å². The molecule has 0 aromatic carbocycles. The van der Waals surface area contributed by atoms with E-state index in [2.05, 4.69) is 4.74 Å². The molecule has 0 rings (SSSR count). The average Bonchev–Trinajstić information content (AvgIpc) is 1.88. The van der Waals surface area contributed by atoms with Crippen LogP contribution in [0, 0.1) is 5.92 Å². The number of aliphatic hydroxyl groups is 1. The van der Waals surface area contributed by atoms with Gasteiger partial charge in [-0.3, -0.25) is 9.59 Å². The van der Waals surface area contributed by atoms with Crippen molar-refractivity contribution in [2.45, 2.75) is 13.8 Å². The third kappa shape index (κ3) is 3.13. The fraction of sp³-hybridized carbons (Fsp3) is 0.714. The van der Waals surface area contributed by atoms with Crippen molar-refractivity contribution in [3.63, 3.8) is 0 Å². The lowest BCUT2D eigenvalue weighted by Gasteiger charge is -2.08. The van der Waals surface area contributed by atoms with Gasteiger partial charge in [0.2, 0.25) is 0 Å². The van der Waals surface area contributed by atoms with Crippen molar-refractivity contribution in [3.05, 3.63) is 0 Å². The van der Waals surface area contributed by atoms with Crippen LogP contribution in [0.25, 0.3) is 0 Å². The molecule has 4 nitrogen and oxygen atoms in total. The predicted molar refractivity (Wildman–Crippen MR) is 37.9 cm³/mol. The Morgan fingerprint density at radius 3 is 2.36 bits per heavy atom. The lowest BCUT2D eigenvalue weighted by atomic mass is 10.1. The Bertz CT molecular complexity index is 153. The van der Waals surface area contributed by atoms with E-state index in [4.69, 9.17) is 5.11 Å². The molecular weight excluding hydrogens is 148 g/mol. The van der Waals surface area contributed by atoms with E-state index in [0.29, 0.717) is 0 Å². The molecule has 0 spiro atoms. The highest BCUT2D eigenvalue weighted by Gasteiger charge is 2.23. The van der Waals surface area contributed by atoms with Crippen LogP contribution in [0.1, 0.15) is 13.8 Å². The predicted octanol–water partition coefficient (Wildman–Crippen LogP) is -0.253. The van der Waals surface area contributed by atoms with E-state index in [1.807, 2.05) is 0 Å². The molecule has 0 saturated carbocycles. The first-order valence-electron chi connectivity index (χ1n) is 3.41. The molecular formula is C7H12O4. The molecule has 4 heteroatoms. The van der Waals surface area contributed by atoms with Crippen LogP contribution in [0.3, 0.4) is 0 Å². The summed E-state index contributed by atoms with van der Waals surface area (Å²) in [7, 11) is 0. The van der Waals surface area contributed by atoms with E-state index < -0.39 is 18.5 Å². The molecule has 0 aliphatic rings. The second-order valence-corrected chi connectivity index (χ2v) is 2.10. The van der Waals surface area contributed by atoms with E-state index in [1.54, 1.807) is 6.92 Å². The first-order valence-corrected chi connectivity index (χ1v) is 3.41. The quantitative estimate of drug-likeness (QED) is 0.455. The summed E-state index contributed by atoms with van der Waals surface area (Å²) in [6, 6.07) is 0. The van der Waals surface area contributed by atoms with Crippen molar-refractivity contribution in [2.24, 2.45) is 5.92 Å². The molecule has 11 heavy (non-hydrogen) atoms. The number of carbonyl (C=O) groups is 2. The number of hydrogen-bond donors (Lipinski definition) is 1. The number of aliphatic hydroxyl groups excluding tert-OH is 1. The second kappa shape index (κ2) is 4.85. The molecule has 0 bridgehead atoms.